The Bertz CT molecular complexity index is 421. The maximum Gasteiger partial charge on any atom is 0.336 e. The molecule has 0 amide bonds. The summed E-state index contributed by atoms with van der Waals surface area (Å²) in [6.45, 7) is 3.75. The second-order valence-electron chi connectivity index (χ2n) is 3.19. The lowest BCUT2D eigenvalue weighted by molar-refractivity contribution is -0.138. The molecule has 0 atom stereocenters. The highest BCUT2D eigenvalue weighted by atomic mass is 79.9. The van der Waals surface area contributed by atoms with Crippen LogP contribution in [0.4, 0.5) is 0 Å². The Hall–Kier alpha value is -0.810. The molecule has 0 bridgehead atoms. The number of ether oxygens (including phenoxy) is 2. The zero-order chi connectivity index (χ0) is 12.8. The topological polar surface area (TPSA) is 35.5 Å². The van der Waals surface area contributed by atoms with E-state index in [9.17, 15) is 4.79 Å². The summed E-state index contributed by atoms with van der Waals surface area (Å²) in [6, 6.07) is 5.59. The van der Waals surface area contributed by atoms with Crippen molar-refractivity contribution in [3.8, 4) is 5.75 Å². The lowest BCUT2D eigenvalue weighted by atomic mass is 10.3. The first-order valence-corrected chi connectivity index (χ1v) is 6.59. The van der Waals surface area contributed by atoms with Crippen LogP contribution in [0.15, 0.2) is 39.0 Å². The number of carbonyl (C=O) groups is 1. The van der Waals surface area contributed by atoms with Gasteiger partial charge in [0.25, 0.3) is 0 Å². The number of halogens is 2. The molecule has 0 fully saturated rings. The molecule has 0 spiro atoms. The highest BCUT2D eigenvalue weighted by Crippen LogP contribution is 2.33. The predicted octanol–water partition coefficient (Wildman–Crippen LogP) is 4.06. The molecule has 0 aliphatic heterocycles. The molecular weight excluding hydrogens is 352 g/mol. The van der Waals surface area contributed by atoms with E-state index in [1.165, 1.54) is 6.26 Å². The summed E-state index contributed by atoms with van der Waals surface area (Å²) in [4.78, 5) is 11.3. The maximum absolute atomic E-state index is 11.3. The second kappa shape index (κ2) is 6.81. The Kier molecular flexibility index (Phi) is 5.71. The van der Waals surface area contributed by atoms with Gasteiger partial charge in [0.2, 0.25) is 0 Å². The summed E-state index contributed by atoms with van der Waals surface area (Å²) in [5.74, 6) is 0.242. The van der Waals surface area contributed by atoms with E-state index in [1.54, 1.807) is 13.8 Å². The zero-order valence-corrected chi connectivity index (χ0v) is 12.7. The van der Waals surface area contributed by atoms with Crippen molar-refractivity contribution in [2.45, 2.75) is 13.8 Å². The third kappa shape index (κ3) is 4.16. The summed E-state index contributed by atoms with van der Waals surface area (Å²) < 4.78 is 11.9. The van der Waals surface area contributed by atoms with Crippen LogP contribution in [0.5, 0.6) is 5.75 Å². The van der Waals surface area contributed by atoms with Crippen LogP contribution in [0, 0.1) is 0 Å². The van der Waals surface area contributed by atoms with Crippen molar-refractivity contribution < 1.29 is 14.3 Å². The van der Waals surface area contributed by atoms with Gasteiger partial charge in [-0.05, 0) is 57.8 Å². The van der Waals surface area contributed by atoms with Crippen molar-refractivity contribution in [2.24, 2.45) is 0 Å². The summed E-state index contributed by atoms with van der Waals surface area (Å²) in [6.07, 6.45) is 1.38. The van der Waals surface area contributed by atoms with Crippen molar-refractivity contribution in [1.82, 2.24) is 0 Å². The average Bonchev–Trinajstić information content (AvgIpc) is 2.28. The number of para-hydroxylation sites is 1. The lowest BCUT2D eigenvalue weighted by Gasteiger charge is -2.07. The second-order valence-corrected chi connectivity index (χ2v) is 4.90. The molecule has 0 saturated heterocycles. The third-order valence-electron chi connectivity index (χ3n) is 1.87. The van der Waals surface area contributed by atoms with Crippen LogP contribution >= 0.6 is 31.9 Å². The Morgan fingerprint density at radius 2 is 1.94 bits per heavy atom. The van der Waals surface area contributed by atoms with Crippen LogP contribution in [0.2, 0.25) is 0 Å². The first-order chi connectivity index (χ1) is 8.06. The molecular formula is C12H12Br2O3. The number of carbonyl (C=O) groups excluding carboxylic acids is 1. The maximum atomic E-state index is 11.3. The lowest BCUT2D eigenvalue weighted by Crippen LogP contribution is -2.06. The fraction of sp³-hybridized carbons (Fsp3) is 0.250. The molecule has 17 heavy (non-hydrogen) atoms. The molecule has 3 nitrogen and oxygen atoms in total. The van der Waals surface area contributed by atoms with E-state index in [4.69, 9.17) is 9.47 Å². The molecule has 0 aliphatic carbocycles. The number of hydrogen-bond donors (Lipinski definition) is 0. The van der Waals surface area contributed by atoms with Gasteiger partial charge < -0.3 is 9.47 Å². The van der Waals surface area contributed by atoms with Crippen molar-refractivity contribution in [3.63, 3.8) is 0 Å². The smallest absolute Gasteiger partial charge is 0.336 e. The van der Waals surface area contributed by atoms with Gasteiger partial charge in [-0.15, -0.1) is 0 Å². The summed E-state index contributed by atoms with van der Waals surface area (Å²) >= 11 is 6.73. The number of hydrogen-bond acceptors (Lipinski definition) is 3. The molecule has 0 aromatic heterocycles. The van der Waals surface area contributed by atoms with Crippen LogP contribution < -0.4 is 4.74 Å². The Balaban J connectivity index is 2.79. The molecule has 1 rings (SSSR count). The number of rotatable bonds is 4. The van der Waals surface area contributed by atoms with Gasteiger partial charge in [-0.2, -0.15) is 0 Å². The predicted molar refractivity (Wildman–Crippen MR) is 72.9 cm³/mol. The van der Waals surface area contributed by atoms with E-state index in [2.05, 4.69) is 31.9 Å². The van der Waals surface area contributed by atoms with Gasteiger partial charge >= 0.3 is 5.97 Å². The van der Waals surface area contributed by atoms with Crippen molar-refractivity contribution in [2.75, 3.05) is 6.61 Å². The van der Waals surface area contributed by atoms with Gasteiger partial charge in [0.1, 0.15) is 6.26 Å². The molecule has 0 radical (unpaired) electrons. The van der Waals surface area contributed by atoms with Crippen molar-refractivity contribution in [1.29, 1.82) is 0 Å². The fourth-order valence-electron chi connectivity index (χ4n) is 1.04. The van der Waals surface area contributed by atoms with Gasteiger partial charge in [-0.1, -0.05) is 6.07 Å². The van der Waals surface area contributed by atoms with E-state index in [0.717, 1.165) is 8.95 Å². The van der Waals surface area contributed by atoms with Gasteiger partial charge in [0.05, 0.1) is 21.1 Å². The molecule has 92 valence electrons. The van der Waals surface area contributed by atoms with Crippen LogP contribution in [0.25, 0.3) is 0 Å². The summed E-state index contributed by atoms with van der Waals surface area (Å²) in [7, 11) is 0. The summed E-state index contributed by atoms with van der Waals surface area (Å²) in [5, 5.41) is 0. The Morgan fingerprint density at radius 1 is 1.35 bits per heavy atom. The largest absolute Gasteiger partial charge is 0.463 e. The minimum atomic E-state index is -0.379. The number of esters is 1. The molecule has 1 aromatic rings. The Labute approximate surface area is 117 Å². The van der Waals surface area contributed by atoms with Gasteiger partial charge in [0, 0.05) is 0 Å². The highest BCUT2D eigenvalue weighted by molar-refractivity contribution is 9.11. The molecule has 0 N–H and O–H groups in total. The monoisotopic (exact) mass is 362 g/mol. The minimum Gasteiger partial charge on any atom is -0.463 e. The van der Waals surface area contributed by atoms with Crippen LogP contribution in [0.1, 0.15) is 13.8 Å². The van der Waals surface area contributed by atoms with Crippen LogP contribution in [0.3, 0.4) is 0 Å². The first kappa shape index (κ1) is 14.3. The minimum absolute atomic E-state index is 0.350. The molecule has 0 heterocycles. The van der Waals surface area contributed by atoms with E-state index >= 15 is 0 Å². The quantitative estimate of drug-likeness (QED) is 0.459. The fourth-order valence-corrected chi connectivity index (χ4v) is 2.22. The van der Waals surface area contributed by atoms with Gasteiger partial charge in [-0.25, -0.2) is 4.79 Å². The van der Waals surface area contributed by atoms with Crippen molar-refractivity contribution in [3.05, 3.63) is 39.0 Å². The SMILES string of the molecule is CCOC(=O)/C(C)=C/Oc1c(Br)cccc1Br. The normalized spacial score (nSPS) is 11.2. The molecule has 0 aliphatic rings. The van der Waals surface area contributed by atoms with Crippen molar-refractivity contribution >= 4 is 37.8 Å². The van der Waals surface area contributed by atoms with E-state index in [-0.39, 0.29) is 5.97 Å². The van der Waals surface area contributed by atoms with E-state index < -0.39 is 0 Å². The standard InChI is InChI=1S/C12H12Br2O3/c1-3-16-12(15)8(2)7-17-11-9(13)5-4-6-10(11)14/h4-7H,3H2,1-2H3/b8-7+. The summed E-state index contributed by atoms with van der Waals surface area (Å²) in [5.41, 5.74) is 0.412. The van der Waals surface area contributed by atoms with Gasteiger partial charge in [-0.3, -0.25) is 0 Å². The average molecular weight is 364 g/mol. The molecule has 0 saturated carbocycles. The molecule has 0 unspecified atom stereocenters. The Morgan fingerprint density at radius 3 is 2.47 bits per heavy atom. The van der Waals surface area contributed by atoms with Gasteiger partial charge in [0.15, 0.2) is 5.75 Å². The van der Waals surface area contributed by atoms with Crippen LogP contribution in [-0.4, -0.2) is 12.6 Å². The zero-order valence-electron chi connectivity index (χ0n) is 9.50. The first-order valence-electron chi connectivity index (χ1n) is 5.00. The highest BCUT2D eigenvalue weighted by Gasteiger charge is 2.08. The number of benzene rings is 1. The third-order valence-corrected chi connectivity index (χ3v) is 3.12. The molecule has 5 heteroatoms. The van der Waals surface area contributed by atoms with Crippen LogP contribution in [-0.2, 0) is 9.53 Å². The van der Waals surface area contributed by atoms with E-state index in [1.807, 2.05) is 18.2 Å². The molecule has 1 aromatic carbocycles. The van der Waals surface area contributed by atoms with E-state index in [0.29, 0.717) is 17.9 Å².